The van der Waals surface area contributed by atoms with E-state index in [0.29, 0.717) is 6.04 Å². The number of sulfonamides is 1. The molecule has 112 valence electrons. The Morgan fingerprint density at radius 3 is 2.11 bits per heavy atom. The zero-order valence-corrected chi connectivity index (χ0v) is 13.4. The van der Waals surface area contributed by atoms with Crippen LogP contribution in [0.1, 0.15) is 53.4 Å². The average Bonchev–Trinajstić information content (AvgIpc) is 3.15. The Hall–Kier alpha value is -0.130. The molecule has 0 aromatic carbocycles. The highest BCUT2D eigenvalue weighted by Crippen LogP contribution is 2.62. The second-order valence-electron chi connectivity index (χ2n) is 7.25. The van der Waals surface area contributed by atoms with Crippen molar-refractivity contribution in [2.24, 2.45) is 10.8 Å². The van der Waals surface area contributed by atoms with E-state index >= 15 is 0 Å². The van der Waals surface area contributed by atoms with Crippen molar-refractivity contribution in [1.82, 2.24) is 10.0 Å². The molecule has 2 fully saturated rings. The second-order valence-corrected chi connectivity index (χ2v) is 9.12. The molecule has 19 heavy (non-hydrogen) atoms. The molecule has 2 saturated carbocycles. The monoisotopic (exact) mass is 288 g/mol. The maximum absolute atomic E-state index is 12.0. The van der Waals surface area contributed by atoms with Gasteiger partial charge in [0.1, 0.15) is 0 Å². The van der Waals surface area contributed by atoms with Crippen LogP contribution in [0.2, 0.25) is 0 Å². The van der Waals surface area contributed by atoms with Gasteiger partial charge in [-0.2, -0.15) is 0 Å². The molecule has 5 heteroatoms. The van der Waals surface area contributed by atoms with E-state index in [1.165, 1.54) is 12.8 Å². The topological polar surface area (TPSA) is 58.2 Å². The van der Waals surface area contributed by atoms with E-state index in [1.807, 2.05) is 0 Å². The minimum Gasteiger partial charge on any atom is -0.314 e. The first-order valence-corrected chi connectivity index (χ1v) is 9.05. The molecule has 0 bridgehead atoms. The van der Waals surface area contributed by atoms with Gasteiger partial charge in [0.05, 0.1) is 5.75 Å². The number of unbranched alkanes of at least 4 members (excludes halogenated alkanes) is 1. The second kappa shape index (κ2) is 5.01. The maximum Gasteiger partial charge on any atom is 0.211 e. The predicted octanol–water partition coefficient (Wildman–Crippen LogP) is 1.87. The number of hydrogen-bond donors (Lipinski definition) is 2. The quantitative estimate of drug-likeness (QED) is 0.670. The van der Waals surface area contributed by atoms with Crippen LogP contribution in [-0.2, 0) is 10.0 Å². The Bertz CT molecular complexity index is 411. The normalized spacial score (nSPS) is 25.5. The minimum absolute atomic E-state index is 0.0631. The molecule has 0 aromatic heterocycles. The lowest BCUT2D eigenvalue weighted by atomic mass is 10.0. The van der Waals surface area contributed by atoms with Crippen LogP contribution in [-0.4, -0.2) is 32.8 Å². The Kier molecular flexibility index (Phi) is 4.02. The van der Waals surface area contributed by atoms with E-state index in [1.54, 1.807) is 0 Å². The van der Waals surface area contributed by atoms with Crippen LogP contribution in [0, 0.1) is 10.8 Å². The van der Waals surface area contributed by atoms with Gasteiger partial charge in [0.15, 0.2) is 0 Å². The van der Waals surface area contributed by atoms with E-state index in [0.717, 1.165) is 19.4 Å². The number of rotatable bonds is 8. The first kappa shape index (κ1) is 15.3. The molecule has 0 heterocycles. The summed E-state index contributed by atoms with van der Waals surface area (Å²) in [5.74, 6) is 0.252. The molecule has 2 rings (SSSR count). The Morgan fingerprint density at radius 2 is 1.63 bits per heavy atom. The molecule has 0 radical (unpaired) electrons. The van der Waals surface area contributed by atoms with Gasteiger partial charge in [0.25, 0.3) is 0 Å². The van der Waals surface area contributed by atoms with Crippen molar-refractivity contribution in [1.29, 1.82) is 0 Å². The van der Waals surface area contributed by atoms with Crippen LogP contribution >= 0.6 is 0 Å². The predicted molar refractivity (Wildman–Crippen MR) is 78.5 cm³/mol. The summed E-state index contributed by atoms with van der Waals surface area (Å²) in [6, 6.07) is 0.789. The molecule has 2 aliphatic rings. The van der Waals surface area contributed by atoms with Gasteiger partial charge in [-0.1, -0.05) is 27.7 Å². The fourth-order valence-electron chi connectivity index (χ4n) is 2.74. The molecular formula is C14H28N2O2S. The molecule has 0 atom stereocenters. The molecule has 0 aromatic rings. The SMILES string of the molecule is CC1(C)C(NS(=O)(=O)CCCCNC2CC2)C1(C)C. The van der Waals surface area contributed by atoms with Gasteiger partial charge in [0, 0.05) is 12.1 Å². The molecule has 2 N–H and O–H groups in total. The van der Waals surface area contributed by atoms with Crippen molar-refractivity contribution in [3.63, 3.8) is 0 Å². The van der Waals surface area contributed by atoms with Crippen molar-refractivity contribution >= 4 is 10.0 Å². The lowest BCUT2D eigenvalue weighted by molar-refractivity contribution is 0.457. The Labute approximate surface area is 117 Å². The highest BCUT2D eigenvalue weighted by atomic mass is 32.2. The molecule has 2 aliphatic carbocycles. The summed E-state index contributed by atoms with van der Waals surface area (Å²) in [5, 5.41) is 3.41. The molecule has 0 amide bonds. The van der Waals surface area contributed by atoms with E-state index < -0.39 is 10.0 Å². The summed E-state index contributed by atoms with van der Waals surface area (Å²) >= 11 is 0. The summed E-state index contributed by atoms with van der Waals surface area (Å²) in [6.45, 7) is 9.44. The maximum atomic E-state index is 12.0. The average molecular weight is 288 g/mol. The standard InChI is InChI=1S/C14H28N2O2S/c1-13(2)12(14(13,3)4)16-19(17,18)10-6-5-9-15-11-7-8-11/h11-12,15-16H,5-10H2,1-4H3. The third-order valence-corrected chi connectivity index (χ3v) is 6.59. The van der Waals surface area contributed by atoms with Crippen molar-refractivity contribution in [3.8, 4) is 0 Å². The molecule has 4 nitrogen and oxygen atoms in total. The zero-order chi connectivity index (χ0) is 14.3. The van der Waals surface area contributed by atoms with Crippen molar-refractivity contribution in [3.05, 3.63) is 0 Å². The lowest BCUT2D eigenvalue weighted by Crippen LogP contribution is -2.32. The lowest BCUT2D eigenvalue weighted by Gasteiger charge is -2.08. The van der Waals surface area contributed by atoms with Gasteiger partial charge in [0.2, 0.25) is 10.0 Å². The van der Waals surface area contributed by atoms with Gasteiger partial charge in [-0.05, 0) is 43.1 Å². The molecular weight excluding hydrogens is 260 g/mol. The largest absolute Gasteiger partial charge is 0.314 e. The summed E-state index contributed by atoms with van der Waals surface area (Å²) in [7, 11) is -3.12. The fourth-order valence-corrected chi connectivity index (χ4v) is 4.39. The summed E-state index contributed by atoms with van der Waals surface area (Å²) < 4.78 is 26.9. The molecule has 0 aliphatic heterocycles. The third kappa shape index (κ3) is 3.50. The third-order valence-electron chi connectivity index (χ3n) is 5.17. The summed E-state index contributed by atoms with van der Waals surface area (Å²) in [4.78, 5) is 0. The van der Waals surface area contributed by atoms with Crippen molar-refractivity contribution < 1.29 is 8.42 Å². The van der Waals surface area contributed by atoms with Crippen LogP contribution in [0.25, 0.3) is 0 Å². The minimum atomic E-state index is -3.12. The van der Waals surface area contributed by atoms with E-state index in [4.69, 9.17) is 0 Å². The van der Waals surface area contributed by atoms with Gasteiger partial charge in [-0.25, -0.2) is 13.1 Å². The highest BCUT2D eigenvalue weighted by molar-refractivity contribution is 7.89. The smallest absolute Gasteiger partial charge is 0.211 e. The van der Waals surface area contributed by atoms with E-state index in [2.05, 4.69) is 37.7 Å². The van der Waals surface area contributed by atoms with Gasteiger partial charge in [-0.15, -0.1) is 0 Å². The van der Waals surface area contributed by atoms with Crippen LogP contribution in [0.5, 0.6) is 0 Å². The summed E-state index contributed by atoms with van der Waals surface area (Å²) in [6.07, 6.45) is 4.24. The van der Waals surface area contributed by atoms with Crippen LogP contribution in [0.15, 0.2) is 0 Å². The number of nitrogens with one attached hydrogen (secondary N) is 2. The zero-order valence-electron chi connectivity index (χ0n) is 12.6. The van der Waals surface area contributed by atoms with Crippen molar-refractivity contribution in [2.45, 2.75) is 65.5 Å². The van der Waals surface area contributed by atoms with Crippen LogP contribution in [0.4, 0.5) is 0 Å². The first-order valence-electron chi connectivity index (χ1n) is 7.40. The number of hydrogen-bond acceptors (Lipinski definition) is 3. The molecule has 0 spiro atoms. The molecule has 0 saturated heterocycles. The van der Waals surface area contributed by atoms with Gasteiger partial charge in [-0.3, -0.25) is 0 Å². The highest BCUT2D eigenvalue weighted by Gasteiger charge is 2.65. The van der Waals surface area contributed by atoms with E-state index in [-0.39, 0.29) is 22.6 Å². The van der Waals surface area contributed by atoms with Gasteiger partial charge < -0.3 is 5.32 Å². The Morgan fingerprint density at radius 1 is 1.05 bits per heavy atom. The van der Waals surface area contributed by atoms with Crippen LogP contribution in [0.3, 0.4) is 0 Å². The van der Waals surface area contributed by atoms with Crippen LogP contribution < -0.4 is 10.0 Å². The van der Waals surface area contributed by atoms with Crippen molar-refractivity contribution in [2.75, 3.05) is 12.3 Å². The van der Waals surface area contributed by atoms with Gasteiger partial charge >= 0.3 is 0 Å². The summed E-state index contributed by atoms with van der Waals surface area (Å²) in [5.41, 5.74) is 0.126. The fraction of sp³-hybridized carbons (Fsp3) is 1.00. The van der Waals surface area contributed by atoms with E-state index in [9.17, 15) is 8.42 Å². The molecule has 0 unspecified atom stereocenters. The first-order chi connectivity index (χ1) is 8.67. The Balaban J connectivity index is 1.67.